The van der Waals surface area contributed by atoms with Crippen molar-refractivity contribution in [2.75, 3.05) is 19.6 Å². The van der Waals surface area contributed by atoms with Gasteiger partial charge in [-0.05, 0) is 24.7 Å². The molecule has 2 fully saturated rings. The number of aromatic nitrogens is 3. The molecule has 3 heterocycles. The quantitative estimate of drug-likeness (QED) is 0.805. The van der Waals surface area contributed by atoms with Gasteiger partial charge >= 0.3 is 0 Å². The molecule has 0 bridgehead atoms. The smallest absolute Gasteiger partial charge is 0.274 e. The van der Waals surface area contributed by atoms with Crippen molar-refractivity contribution in [3.8, 4) is 0 Å². The molecule has 1 saturated heterocycles. The van der Waals surface area contributed by atoms with Gasteiger partial charge in [-0.1, -0.05) is 25.4 Å². The van der Waals surface area contributed by atoms with Gasteiger partial charge in [0.15, 0.2) is 0 Å². The normalized spacial score (nSPS) is 21.2. The molecule has 144 valence electrons. The fourth-order valence-corrected chi connectivity index (χ4v) is 3.82. The molecular formula is C19H24ClN5O2. The van der Waals surface area contributed by atoms with Gasteiger partial charge in [0.05, 0.1) is 17.3 Å². The first-order valence-electron chi connectivity index (χ1n) is 9.51. The molecule has 2 aliphatic rings. The third kappa shape index (κ3) is 3.78. The summed E-state index contributed by atoms with van der Waals surface area (Å²) >= 11 is 5.96. The van der Waals surface area contributed by atoms with Crippen molar-refractivity contribution in [2.24, 2.45) is 11.8 Å². The Morgan fingerprint density at radius 1 is 1.33 bits per heavy atom. The Morgan fingerprint density at radius 3 is 2.81 bits per heavy atom. The lowest BCUT2D eigenvalue weighted by Gasteiger charge is -2.34. The predicted octanol–water partition coefficient (Wildman–Crippen LogP) is 2.49. The average molecular weight is 390 g/mol. The van der Waals surface area contributed by atoms with Crippen LogP contribution in [0.4, 0.5) is 0 Å². The van der Waals surface area contributed by atoms with E-state index in [4.69, 9.17) is 11.6 Å². The molecule has 27 heavy (non-hydrogen) atoms. The SMILES string of the molecule is CC(C)C1CN(C(=O)c2cn3cc(Cl)cnc3n2)CCC(=O)N1CC1CC1. The summed E-state index contributed by atoms with van der Waals surface area (Å²) in [7, 11) is 0. The molecule has 4 rings (SSSR count). The van der Waals surface area contributed by atoms with Crippen LogP contribution in [0.1, 0.15) is 43.6 Å². The van der Waals surface area contributed by atoms with Gasteiger partial charge in [0, 0.05) is 38.4 Å². The zero-order chi connectivity index (χ0) is 19.1. The van der Waals surface area contributed by atoms with E-state index in [0.29, 0.717) is 41.9 Å². The number of carbonyl (C=O) groups is 2. The van der Waals surface area contributed by atoms with E-state index in [0.717, 1.165) is 6.54 Å². The van der Waals surface area contributed by atoms with Gasteiger partial charge in [-0.2, -0.15) is 0 Å². The molecule has 0 aromatic carbocycles. The van der Waals surface area contributed by atoms with Crippen LogP contribution < -0.4 is 0 Å². The molecule has 8 heteroatoms. The van der Waals surface area contributed by atoms with Crippen LogP contribution in [0.2, 0.25) is 5.02 Å². The first kappa shape index (κ1) is 18.2. The second-order valence-corrected chi connectivity index (χ2v) is 8.34. The summed E-state index contributed by atoms with van der Waals surface area (Å²) in [5.41, 5.74) is 0.329. The highest BCUT2D eigenvalue weighted by Crippen LogP contribution is 2.32. The van der Waals surface area contributed by atoms with Crippen molar-refractivity contribution >= 4 is 29.2 Å². The first-order chi connectivity index (χ1) is 12.9. The molecule has 1 aliphatic heterocycles. The number of halogens is 1. The van der Waals surface area contributed by atoms with Crippen molar-refractivity contribution in [3.05, 3.63) is 29.3 Å². The maximum absolute atomic E-state index is 13.1. The van der Waals surface area contributed by atoms with Gasteiger partial charge in [-0.25, -0.2) is 9.97 Å². The third-order valence-electron chi connectivity index (χ3n) is 5.43. The first-order valence-corrected chi connectivity index (χ1v) is 9.89. The lowest BCUT2D eigenvalue weighted by atomic mass is 10.0. The summed E-state index contributed by atoms with van der Waals surface area (Å²) in [5, 5.41) is 0.481. The Bertz CT molecular complexity index is 876. The van der Waals surface area contributed by atoms with Crippen LogP contribution in [0.25, 0.3) is 5.78 Å². The third-order valence-corrected chi connectivity index (χ3v) is 5.63. The van der Waals surface area contributed by atoms with Gasteiger partial charge < -0.3 is 9.80 Å². The number of amides is 2. The second-order valence-electron chi connectivity index (χ2n) is 7.91. The zero-order valence-corrected chi connectivity index (χ0v) is 16.4. The summed E-state index contributed by atoms with van der Waals surface area (Å²) in [5.74, 6) is 1.33. The predicted molar refractivity (Wildman–Crippen MR) is 102 cm³/mol. The summed E-state index contributed by atoms with van der Waals surface area (Å²) in [6.07, 6.45) is 7.60. The average Bonchev–Trinajstić information content (AvgIpc) is 3.38. The van der Waals surface area contributed by atoms with Crippen molar-refractivity contribution in [3.63, 3.8) is 0 Å². The fraction of sp³-hybridized carbons (Fsp3) is 0.579. The maximum Gasteiger partial charge on any atom is 0.274 e. The number of rotatable bonds is 4. The number of fused-ring (bicyclic) bond motifs is 1. The minimum absolute atomic E-state index is 0.0363. The minimum Gasteiger partial charge on any atom is -0.337 e. The molecule has 0 radical (unpaired) electrons. The Balaban J connectivity index is 1.57. The summed E-state index contributed by atoms with van der Waals surface area (Å²) in [4.78, 5) is 38.0. The highest BCUT2D eigenvalue weighted by molar-refractivity contribution is 6.30. The van der Waals surface area contributed by atoms with E-state index in [9.17, 15) is 9.59 Å². The molecule has 0 spiro atoms. The van der Waals surface area contributed by atoms with Crippen LogP contribution in [-0.4, -0.2) is 61.7 Å². The molecule has 2 amide bonds. The Hall–Kier alpha value is -2.15. The van der Waals surface area contributed by atoms with E-state index >= 15 is 0 Å². The monoisotopic (exact) mass is 389 g/mol. The molecule has 1 unspecified atom stereocenters. The largest absolute Gasteiger partial charge is 0.337 e. The van der Waals surface area contributed by atoms with E-state index < -0.39 is 0 Å². The van der Waals surface area contributed by atoms with Crippen LogP contribution in [-0.2, 0) is 4.79 Å². The summed E-state index contributed by atoms with van der Waals surface area (Å²) in [6.45, 7) is 6.01. The van der Waals surface area contributed by atoms with E-state index in [2.05, 4.69) is 23.8 Å². The van der Waals surface area contributed by atoms with Gasteiger partial charge in [0.25, 0.3) is 5.91 Å². The summed E-state index contributed by atoms with van der Waals surface area (Å²) in [6, 6.07) is 0.0363. The van der Waals surface area contributed by atoms with Crippen LogP contribution in [0.3, 0.4) is 0 Å². The van der Waals surface area contributed by atoms with E-state index in [1.807, 2.05) is 4.90 Å². The van der Waals surface area contributed by atoms with Crippen molar-refractivity contribution < 1.29 is 9.59 Å². The van der Waals surface area contributed by atoms with E-state index in [1.165, 1.54) is 19.0 Å². The minimum atomic E-state index is -0.164. The molecule has 1 saturated carbocycles. The zero-order valence-electron chi connectivity index (χ0n) is 15.6. The molecule has 2 aromatic rings. The molecule has 1 atom stereocenters. The van der Waals surface area contributed by atoms with Crippen LogP contribution in [0.15, 0.2) is 18.6 Å². The lowest BCUT2D eigenvalue weighted by molar-refractivity contribution is -0.133. The van der Waals surface area contributed by atoms with Gasteiger partial charge in [-0.15, -0.1) is 0 Å². The fourth-order valence-electron chi connectivity index (χ4n) is 3.67. The molecule has 7 nitrogen and oxygen atoms in total. The van der Waals surface area contributed by atoms with Crippen LogP contribution in [0, 0.1) is 11.8 Å². The number of imidazole rings is 1. The number of hydrogen-bond donors (Lipinski definition) is 0. The molecular weight excluding hydrogens is 366 g/mol. The second kappa shape index (κ2) is 7.11. The molecule has 1 aliphatic carbocycles. The Kier molecular flexibility index (Phi) is 4.80. The van der Waals surface area contributed by atoms with Gasteiger partial charge in [0.2, 0.25) is 11.7 Å². The van der Waals surface area contributed by atoms with Crippen LogP contribution >= 0.6 is 11.6 Å². The van der Waals surface area contributed by atoms with Crippen molar-refractivity contribution in [2.45, 2.75) is 39.2 Å². The van der Waals surface area contributed by atoms with Crippen molar-refractivity contribution in [1.82, 2.24) is 24.2 Å². The molecule has 2 aromatic heterocycles. The Morgan fingerprint density at radius 2 is 2.11 bits per heavy atom. The standard InChI is InChI=1S/C19H24ClN5O2/c1-12(2)16-11-23(6-5-17(26)25(16)8-13-3-4-13)18(27)15-10-24-9-14(20)7-21-19(24)22-15/h7,9-10,12-13,16H,3-6,8,11H2,1-2H3. The van der Waals surface area contributed by atoms with Crippen molar-refractivity contribution in [1.29, 1.82) is 0 Å². The maximum atomic E-state index is 13.1. The van der Waals surface area contributed by atoms with Gasteiger partial charge in [-0.3, -0.25) is 14.0 Å². The number of nitrogens with zero attached hydrogens (tertiary/aromatic N) is 5. The van der Waals surface area contributed by atoms with Gasteiger partial charge in [0.1, 0.15) is 5.69 Å². The van der Waals surface area contributed by atoms with E-state index in [1.54, 1.807) is 21.7 Å². The Labute approximate surface area is 163 Å². The topological polar surface area (TPSA) is 70.8 Å². The van der Waals surface area contributed by atoms with Crippen LogP contribution in [0.5, 0.6) is 0 Å². The highest BCUT2D eigenvalue weighted by Gasteiger charge is 2.37. The number of carbonyl (C=O) groups excluding carboxylic acids is 2. The lowest BCUT2D eigenvalue weighted by Crippen LogP contribution is -2.48. The number of hydrogen-bond acceptors (Lipinski definition) is 4. The highest BCUT2D eigenvalue weighted by atomic mass is 35.5. The molecule has 0 N–H and O–H groups in total. The van der Waals surface area contributed by atoms with E-state index in [-0.39, 0.29) is 23.8 Å². The summed E-state index contributed by atoms with van der Waals surface area (Å²) < 4.78 is 1.65.